The number of hydrogen-bond acceptors (Lipinski definition) is 4. The van der Waals surface area contributed by atoms with Crippen LogP contribution in [0.3, 0.4) is 0 Å². The Labute approximate surface area is 163 Å². The first-order chi connectivity index (χ1) is 13.5. The molecule has 0 fully saturated rings. The van der Waals surface area contributed by atoms with Gasteiger partial charge in [0.2, 0.25) is 11.9 Å². The maximum atomic E-state index is 12.2. The number of aryl methyl sites for hydroxylation is 1. The summed E-state index contributed by atoms with van der Waals surface area (Å²) in [6, 6.07) is 14.8. The summed E-state index contributed by atoms with van der Waals surface area (Å²) < 4.78 is 1.86. The highest BCUT2D eigenvalue weighted by atomic mass is 16.2. The van der Waals surface area contributed by atoms with Gasteiger partial charge in [0, 0.05) is 32.2 Å². The van der Waals surface area contributed by atoms with E-state index < -0.39 is 5.91 Å². The largest absolute Gasteiger partial charge is 0.369 e. The van der Waals surface area contributed by atoms with Crippen LogP contribution in [-0.2, 0) is 13.1 Å². The van der Waals surface area contributed by atoms with E-state index in [0.717, 1.165) is 11.1 Å². The first kappa shape index (κ1) is 19.2. The highest BCUT2D eigenvalue weighted by Crippen LogP contribution is 2.19. The first-order valence-electron chi connectivity index (χ1n) is 9.04. The van der Waals surface area contributed by atoms with Gasteiger partial charge in [0.15, 0.2) is 0 Å². The minimum atomic E-state index is -0.502. The van der Waals surface area contributed by atoms with Crippen molar-refractivity contribution < 1.29 is 9.59 Å². The van der Waals surface area contributed by atoms with Crippen molar-refractivity contribution in [3.63, 3.8) is 0 Å². The SMILES string of the molecule is CN(Cc1ccccc1)C(=O)NCCCn1c(N)nc2cc(C(N)=O)ccc21. The number of nitrogens with two attached hydrogens (primary N) is 2. The third kappa shape index (κ3) is 4.40. The number of carbonyl (C=O) groups excluding carboxylic acids is 2. The van der Waals surface area contributed by atoms with Gasteiger partial charge in [0.1, 0.15) is 0 Å². The molecule has 3 rings (SSSR count). The Morgan fingerprint density at radius 1 is 1.18 bits per heavy atom. The Kier molecular flexibility index (Phi) is 5.78. The number of urea groups is 1. The van der Waals surface area contributed by atoms with E-state index in [2.05, 4.69) is 10.3 Å². The van der Waals surface area contributed by atoms with Gasteiger partial charge in [-0.2, -0.15) is 0 Å². The van der Waals surface area contributed by atoms with Crippen molar-refractivity contribution in [2.24, 2.45) is 5.73 Å². The van der Waals surface area contributed by atoms with Gasteiger partial charge in [0.25, 0.3) is 0 Å². The number of imidazole rings is 1. The zero-order valence-electron chi connectivity index (χ0n) is 15.8. The van der Waals surface area contributed by atoms with Gasteiger partial charge in [-0.1, -0.05) is 30.3 Å². The standard InChI is InChI=1S/C20H24N6O2/c1-25(13-14-6-3-2-4-7-14)20(28)23-10-5-11-26-17-9-8-15(18(21)27)12-16(17)24-19(26)22/h2-4,6-9,12H,5,10-11,13H2,1H3,(H2,21,27)(H2,22,24)(H,23,28). The van der Waals surface area contributed by atoms with Crippen LogP contribution in [-0.4, -0.2) is 40.0 Å². The summed E-state index contributed by atoms with van der Waals surface area (Å²) in [5, 5.41) is 2.91. The van der Waals surface area contributed by atoms with Crippen molar-refractivity contribution in [3.05, 3.63) is 59.7 Å². The zero-order valence-corrected chi connectivity index (χ0v) is 15.8. The van der Waals surface area contributed by atoms with Crippen LogP contribution in [0.15, 0.2) is 48.5 Å². The lowest BCUT2D eigenvalue weighted by Gasteiger charge is -2.18. The predicted octanol–water partition coefficient (Wildman–Crippen LogP) is 1.95. The molecule has 0 atom stereocenters. The molecule has 1 heterocycles. The number of aromatic nitrogens is 2. The minimum absolute atomic E-state index is 0.126. The second kappa shape index (κ2) is 8.43. The number of anilines is 1. The molecule has 0 aliphatic carbocycles. The molecule has 0 spiro atoms. The average Bonchev–Trinajstić information content (AvgIpc) is 3.00. The van der Waals surface area contributed by atoms with Crippen LogP contribution in [0, 0.1) is 0 Å². The molecule has 0 radical (unpaired) electrons. The number of hydrogen-bond donors (Lipinski definition) is 3. The fourth-order valence-electron chi connectivity index (χ4n) is 3.03. The zero-order chi connectivity index (χ0) is 20.1. The Bertz CT molecular complexity index is 983. The van der Waals surface area contributed by atoms with Crippen molar-refractivity contribution in [1.82, 2.24) is 19.8 Å². The van der Waals surface area contributed by atoms with Crippen LogP contribution in [0.5, 0.6) is 0 Å². The Morgan fingerprint density at radius 3 is 2.64 bits per heavy atom. The number of nitrogens with one attached hydrogen (secondary N) is 1. The lowest BCUT2D eigenvalue weighted by Crippen LogP contribution is -2.37. The molecule has 2 aromatic carbocycles. The number of amides is 3. The second-order valence-corrected chi connectivity index (χ2v) is 6.62. The molecule has 146 valence electrons. The Morgan fingerprint density at radius 2 is 1.93 bits per heavy atom. The van der Waals surface area contributed by atoms with Gasteiger partial charge in [-0.05, 0) is 30.2 Å². The van der Waals surface area contributed by atoms with Gasteiger partial charge in [-0.25, -0.2) is 9.78 Å². The molecule has 3 amide bonds. The molecule has 0 aliphatic heterocycles. The smallest absolute Gasteiger partial charge is 0.317 e. The van der Waals surface area contributed by atoms with Gasteiger partial charge in [0.05, 0.1) is 11.0 Å². The van der Waals surface area contributed by atoms with Gasteiger partial charge in [-0.15, -0.1) is 0 Å². The Hall–Kier alpha value is -3.55. The Balaban J connectivity index is 1.53. The van der Waals surface area contributed by atoms with Crippen LogP contribution in [0.4, 0.5) is 10.7 Å². The molecule has 5 N–H and O–H groups in total. The van der Waals surface area contributed by atoms with E-state index in [9.17, 15) is 9.59 Å². The lowest BCUT2D eigenvalue weighted by molar-refractivity contribution is 0.100. The molecule has 0 bridgehead atoms. The third-order valence-electron chi connectivity index (χ3n) is 4.51. The number of rotatable bonds is 7. The quantitative estimate of drug-likeness (QED) is 0.543. The summed E-state index contributed by atoms with van der Waals surface area (Å²) in [7, 11) is 1.76. The molecule has 0 saturated heterocycles. The lowest BCUT2D eigenvalue weighted by atomic mass is 10.2. The molecular weight excluding hydrogens is 356 g/mol. The molecule has 0 unspecified atom stereocenters. The number of carbonyl (C=O) groups is 2. The van der Waals surface area contributed by atoms with Crippen molar-refractivity contribution in [2.75, 3.05) is 19.3 Å². The van der Waals surface area contributed by atoms with E-state index in [1.54, 1.807) is 30.1 Å². The van der Waals surface area contributed by atoms with Crippen molar-refractivity contribution in [2.45, 2.75) is 19.5 Å². The molecular formula is C20H24N6O2. The second-order valence-electron chi connectivity index (χ2n) is 6.62. The number of fused-ring (bicyclic) bond motifs is 1. The van der Waals surface area contributed by atoms with Crippen molar-refractivity contribution >= 4 is 28.9 Å². The monoisotopic (exact) mass is 380 g/mol. The van der Waals surface area contributed by atoms with Crippen LogP contribution in [0.2, 0.25) is 0 Å². The molecule has 0 aliphatic rings. The van der Waals surface area contributed by atoms with Gasteiger partial charge in [-0.3, -0.25) is 4.79 Å². The maximum absolute atomic E-state index is 12.2. The summed E-state index contributed by atoms with van der Waals surface area (Å²) in [5.74, 6) is -0.138. The van der Waals surface area contributed by atoms with Crippen molar-refractivity contribution in [1.29, 1.82) is 0 Å². The summed E-state index contributed by atoms with van der Waals surface area (Å²) in [5.41, 5.74) is 14.2. The third-order valence-corrected chi connectivity index (χ3v) is 4.51. The number of primary amides is 1. The van der Waals surface area contributed by atoms with Crippen LogP contribution in [0.25, 0.3) is 11.0 Å². The first-order valence-corrected chi connectivity index (χ1v) is 9.04. The van der Waals surface area contributed by atoms with E-state index in [0.29, 0.717) is 43.1 Å². The molecule has 8 heteroatoms. The average molecular weight is 380 g/mol. The fourth-order valence-corrected chi connectivity index (χ4v) is 3.03. The molecule has 8 nitrogen and oxygen atoms in total. The van der Waals surface area contributed by atoms with Crippen LogP contribution in [0.1, 0.15) is 22.3 Å². The summed E-state index contributed by atoms with van der Waals surface area (Å²) in [6.45, 7) is 1.66. The van der Waals surface area contributed by atoms with Gasteiger partial charge >= 0.3 is 6.03 Å². The van der Waals surface area contributed by atoms with E-state index >= 15 is 0 Å². The molecule has 28 heavy (non-hydrogen) atoms. The normalized spacial score (nSPS) is 10.8. The van der Waals surface area contributed by atoms with E-state index in [4.69, 9.17) is 11.5 Å². The summed E-state index contributed by atoms with van der Waals surface area (Å²) in [4.78, 5) is 29.4. The summed E-state index contributed by atoms with van der Waals surface area (Å²) in [6.07, 6.45) is 0.693. The van der Waals surface area contributed by atoms with Gasteiger partial charge < -0.3 is 26.3 Å². The molecule has 3 aromatic rings. The van der Waals surface area contributed by atoms with E-state index in [1.165, 1.54) is 0 Å². The molecule has 1 aromatic heterocycles. The number of nitrogen functional groups attached to an aromatic ring is 1. The number of nitrogens with zero attached hydrogens (tertiary/aromatic N) is 3. The van der Waals surface area contributed by atoms with Crippen LogP contribution < -0.4 is 16.8 Å². The fraction of sp³-hybridized carbons (Fsp3) is 0.250. The highest BCUT2D eigenvalue weighted by Gasteiger charge is 2.11. The predicted molar refractivity (Wildman–Crippen MR) is 109 cm³/mol. The highest BCUT2D eigenvalue weighted by molar-refractivity contribution is 5.96. The van der Waals surface area contributed by atoms with Crippen LogP contribution >= 0.6 is 0 Å². The van der Waals surface area contributed by atoms with E-state index in [1.807, 2.05) is 34.9 Å². The van der Waals surface area contributed by atoms with Crippen molar-refractivity contribution in [3.8, 4) is 0 Å². The number of benzene rings is 2. The topological polar surface area (TPSA) is 119 Å². The molecule has 0 saturated carbocycles. The van der Waals surface area contributed by atoms with E-state index in [-0.39, 0.29) is 6.03 Å². The minimum Gasteiger partial charge on any atom is -0.369 e. The maximum Gasteiger partial charge on any atom is 0.317 e. The summed E-state index contributed by atoms with van der Waals surface area (Å²) >= 11 is 0.